The SMILES string of the molecule is N#Cc1cccc(-c2cc3cc(OCCCCCCCCOC=O)ncc3oc2=O)c1. The van der Waals surface area contributed by atoms with Crippen molar-refractivity contribution in [2.24, 2.45) is 0 Å². The fraction of sp³-hybridized carbons (Fsp3) is 0.333. The fourth-order valence-corrected chi connectivity index (χ4v) is 3.26. The molecular formula is C24H24N2O5. The van der Waals surface area contributed by atoms with E-state index in [1.54, 1.807) is 36.4 Å². The maximum Gasteiger partial charge on any atom is 0.344 e. The topological polar surface area (TPSA) is 102 Å². The number of rotatable bonds is 12. The van der Waals surface area contributed by atoms with Gasteiger partial charge in [0.1, 0.15) is 0 Å². The lowest BCUT2D eigenvalue weighted by atomic mass is 10.0. The number of nitriles is 1. The molecule has 0 saturated heterocycles. The number of hydrogen-bond acceptors (Lipinski definition) is 7. The number of benzene rings is 1. The van der Waals surface area contributed by atoms with Gasteiger partial charge in [0.25, 0.3) is 6.47 Å². The van der Waals surface area contributed by atoms with Gasteiger partial charge in [-0.25, -0.2) is 9.78 Å². The van der Waals surface area contributed by atoms with E-state index < -0.39 is 5.63 Å². The van der Waals surface area contributed by atoms with Crippen molar-refractivity contribution in [1.29, 1.82) is 5.26 Å². The zero-order chi connectivity index (χ0) is 21.9. The Morgan fingerprint density at radius 3 is 2.58 bits per heavy atom. The zero-order valence-corrected chi connectivity index (χ0v) is 17.2. The molecule has 0 saturated carbocycles. The van der Waals surface area contributed by atoms with E-state index in [1.807, 2.05) is 0 Å². The van der Waals surface area contributed by atoms with Crippen LogP contribution in [-0.2, 0) is 9.53 Å². The number of nitrogens with zero attached hydrogens (tertiary/aromatic N) is 2. The van der Waals surface area contributed by atoms with Gasteiger partial charge in [-0.05, 0) is 36.6 Å². The predicted molar refractivity (Wildman–Crippen MR) is 116 cm³/mol. The van der Waals surface area contributed by atoms with Crippen molar-refractivity contribution in [2.45, 2.75) is 38.5 Å². The first kappa shape index (κ1) is 22.0. The monoisotopic (exact) mass is 420 g/mol. The van der Waals surface area contributed by atoms with Crippen LogP contribution in [0.15, 0.2) is 51.8 Å². The van der Waals surface area contributed by atoms with Gasteiger partial charge in [-0.3, -0.25) is 4.79 Å². The van der Waals surface area contributed by atoms with Gasteiger partial charge in [-0.2, -0.15) is 5.26 Å². The zero-order valence-electron chi connectivity index (χ0n) is 17.2. The third kappa shape index (κ3) is 6.41. The summed E-state index contributed by atoms with van der Waals surface area (Å²) in [6.07, 6.45) is 7.61. The Morgan fingerprint density at radius 2 is 1.81 bits per heavy atom. The number of carbonyl (C=O) groups is 1. The van der Waals surface area contributed by atoms with Crippen LogP contribution in [0.2, 0.25) is 0 Å². The highest BCUT2D eigenvalue weighted by Gasteiger charge is 2.10. The number of carbonyl (C=O) groups excluding carboxylic acids is 1. The van der Waals surface area contributed by atoms with Crippen molar-refractivity contribution >= 4 is 17.4 Å². The van der Waals surface area contributed by atoms with Crippen molar-refractivity contribution in [3.8, 4) is 23.1 Å². The molecule has 1 aromatic carbocycles. The van der Waals surface area contributed by atoms with Crippen LogP contribution in [0.5, 0.6) is 5.88 Å². The van der Waals surface area contributed by atoms with Crippen LogP contribution in [0.25, 0.3) is 22.1 Å². The predicted octanol–water partition coefficient (Wildman–Crippen LogP) is 4.62. The van der Waals surface area contributed by atoms with E-state index in [1.165, 1.54) is 6.20 Å². The fourth-order valence-electron chi connectivity index (χ4n) is 3.26. The molecule has 0 aliphatic carbocycles. The first-order chi connectivity index (χ1) is 15.2. The highest BCUT2D eigenvalue weighted by molar-refractivity contribution is 5.82. The molecule has 2 heterocycles. The summed E-state index contributed by atoms with van der Waals surface area (Å²) < 4.78 is 15.8. The van der Waals surface area contributed by atoms with Gasteiger partial charge in [0.15, 0.2) is 5.58 Å². The third-order valence-electron chi connectivity index (χ3n) is 4.87. The van der Waals surface area contributed by atoms with Crippen molar-refractivity contribution in [2.75, 3.05) is 13.2 Å². The largest absolute Gasteiger partial charge is 0.478 e. The van der Waals surface area contributed by atoms with E-state index in [4.69, 9.17) is 14.4 Å². The number of pyridine rings is 1. The van der Waals surface area contributed by atoms with Crippen LogP contribution in [0, 0.1) is 11.3 Å². The Hall–Kier alpha value is -3.66. The van der Waals surface area contributed by atoms with Crippen molar-refractivity contribution in [3.63, 3.8) is 0 Å². The molecule has 0 radical (unpaired) electrons. The minimum atomic E-state index is -0.476. The highest BCUT2D eigenvalue weighted by Crippen LogP contribution is 2.24. The average Bonchev–Trinajstić information content (AvgIpc) is 2.80. The standard InChI is InChI=1S/C24H24N2O5/c25-15-18-8-7-9-19(12-18)21-13-20-14-23(26-16-22(20)31-24(21)28)30-11-6-4-2-1-3-5-10-29-17-27/h7-9,12-14,16-17H,1-6,10-11H2. The molecule has 0 spiro atoms. The molecule has 160 valence electrons. The molecule has 2 aromatic heterocycles. The number of aromatic nitrogens is 1. The Bertz CT molecular complexity index is 1120. The molecule has 0 N–H and O–H groups in total. The Balaban J connectivity index is 1.56. The summed E-state index contributed by atoms with van der Waals surface area (Å²) in [5.41, 5.74) is 1.41. The summed E-state index contributed by atoms with van der Waals surface area (Å²) in [6, 6.07) is 12.4. The van der Waals surface area contributed by atoms with E-state index in [0.29, 0.717) is 53.2 Å². The normalized spacial score (nSPS) is 10.5. The van der Waals surface area contributed by atoms with Gasteiger partial charge in [-0.1, -0.05) is 37.8 Å². The number of fused-ring (bicyclic) bond motifs is 1. The molecule has 31 heavy (non-hydrogen) atoms. The molecule has 7 nitrogen and oxygen atoms in total. The molecule has 0 unspecified atom stereocenters. The minimum Gasteiger partial charge on any atom is -0.478 e. The van der Waals surface area contributed by atoms with E-state index in [9.17, 15) is 9.59 Å². The number of unbranched alkanes of at least 4 members (excludes halogenated alkanes) is 5. The van der Waals surface area contributed by atoms with Crippen molar-refractivity contribution in [3.05, 3.63) is 58.6 Å². The van der Waals surface area contributed by atoms with Crippen molar-refractivity contribution < 1.29 is 18.7 Å². The number of hydrogen-bond donors (Lipinski definition) is 0. The van der Waals surface area contributed by atoms with Crippen LogP contribution < -0.4 is 10.4 Å². The molecular weight excluding hydrogens is 396 g/mol. The quantitative estimate of drug-likeness (QED) is 0.311. The molecule has 0 atom stereocenters. The van der Waals surface area contributed by atoms with Gasteiger partial charge in [-0.15, -0.1) is 0 Å². The average molecular weight is 420 g/mol. The molecule has 0 aliphatic heterocycles. The highest BCUT2D eigenvalue weighted by atomic mass is 16.5. The van der Waals surface area contributed by atoms with Crippen LogP contribution >= 0.6 is 0 Å². The van der Waals surface area contributed by atoms with Gasteiger partial charge >= 0.3 is 5.63 Å². The molecule has 7 heteroatoms. The second kappa shape index (κ2) is 11.5. The molecule has 3 rings (SSSR count). The maximum atomic E-state index is 12.4. The van der Waals surface area contributed by atoms with E-state index in [-0.39, 0.29) is 0 Å². The van der Waals surface area contributed by atoms with Gasteiger partial charge < -0.3 is 13.9 Å². The molecule has 3 aromatic rings. The lowest BCUT2D eigenvalue weighted by molar-refractivity contribution is -0.128. The molecule has 0 amide bonds. The summed E-state index contributed by atoms with van der Waals surface area (Å²) in [5.74, 6) is 0.476. The summed E-state index contributed by atoms with van der Waals surface area (Å²) in [6.45, 7) is 1.53. The lowest BCUT2D eigenvalue weighted by Crippen LogP contribution is -2.04. The minimum absolute atomic E-state index is 0.385. The van der Waals surface area contributed by atoms with Crippen LogP contribution in [0.1, 0.15) is 44.1 Å². The van der Waals surface area contributed by atoms with Crippen LogP contribution in [-0.4, -0.2) is 24.7 Å². The van der Waals surface area contributed by atoms with Gasteiger partial charge in [0, 0.05) is 11.5 Å². The summed E-state index contributed by atoms with van der Waals surface area (Å²) in [4.78, 5) is 26.6. The molecule has 0 aliphatic rings. The molecule has 0 fully saturated rings. The van der Waals surface area contributed by atoms with Crippen LogP contribution in [0.4, 0.5) is 0 Å². The summed E-state index contributed by atoms with van der Waals surface area (Å²) in [7, 11) is 0. The lowest BCUT2D eigenvalue weighted by Gasteiger charge is -2.07. The number of ether oxygens (including phenoxy) is 2. The summed E-state index contributed by atoms with van der Waals surface area (Å²) in [5, 5.41) is 9.80. The smallest absolute Gasteiger partial charge is 0.344 e. The molecule has 0 bridgehead atoms. The Morgan fingerprint density at radius 1 is 1.03 bits per heavy atom. The Kier molecular flexibility index (Phi) is 8.18. The van der Waals surface area contributed by atoms with E-state index >= 15 is 0 Å². The third-order valence-corrected chi connectivity index (χ3v) is 4.87. The van der Waals surface area contributed by atoms with Crippen molar-refractivity contribution in [1.82, 2.24) is 4.98 Å². The second-order valence-corrected chi connectivity index (χ2v) is 7.14. The maximum absolute atomic E-state index is 12.4. The first-order valence-corrected chi connectivity index (χ1v) is 10.3. The van der Waals surface area contributed by atoms with E-state index in [0.717, 1.165) is 38.5 Å². The first-order valence-electron chi connectivity index (χ1n) is 10.3. The van der Waals surface area contributed by atoms with Gasteiger partial charge in [0.2, 0.25) is 5.88 Å². The van der Waals surface area contributed by atoms with E-state index in [2.05, 4.69) is 15.8 Å². The summed E-state index contributed by atoms with van der Waals surface area (Å²) >= 11 is 0. The Labute approximate surface area is 180 Å². The van der Waals surface area contributed by atoms with Gasteiger partial charge in [0.05, 0.1) is 36.6 Å². The van der Waals surface area contributed by atoms with Crippen LogP contribution in [0.3, 0.4) is 0 Å². The second-order valence-electron chi connectivity index (χ2n) is 7.14.